The van der Waals surface area contributed by atoms with E-state index in [9.17, 15) is 13.2 Å². The zero-order valence-corrected chi connectivity index (χ0v) is 12.3. The minimum absolute atomic E-state index is 0.102. The maximum absolute atomic E-state index is 12.2. The van der Waals surface area contributed by atoms with Crippen LogP contribution >= 0.6 is 0 Å². The number of ether oxygens (including phenoxy) is 2. The molecule has 0 bridgehead atoms. The van der Waals surface area contributed by atoms with Gasteiger partial charge < -0.3 is 14.6 Å². The van der Waals surface area contributed by atoms with E-state index in [1.54, 1.807) is 0 Å². The van der Waals surface area contributed by atoms with E-state index in [0.29, 0.717) is 0 Å². The fourth-order valence-corrected chi connectivity index (χ4v) is 2.72. The highest BCUT2D eigenvalue weighted by atomic mass is 32.2. The van der Waals surface area contributed by atoms with Crippen molar-refractivity contribution in [1.82, 2.24) is 4.31 Å². The smallest absolute Gasteiger partial charge is 0.339 e. The van der Waals surface area contributed by atoms with Crippen LogP contribution in [0.5, 0.6) is 5.75 Å². The van der Waals surface area contributed by atoms with E-state index < -0.39 is 16.0 Å². The Kier molecular flexibility index (Phi) is 5.49. The van der Waals surface area contributed by atoms with E-state index in [0.717, 1.165) is 10.4 Å². The molecule has 0 saturated carbocycles. The molecule has 0 unspecified atom stereocenters. The minimum atomic E-state index is -3.76. The second kappa shape index (κ2) is 6.69. The highest BCUT2D eigenvalue weighted by molar-refractivity contribution is 7.89. The number of nitrogens with zero attached hydrogens (tertiary/aromatic N) is 1. The molecule has 7 nitrogen and oxygen atoms in total. The third kappa shape index (κ3) is 3.47. The Morgan fingerprint density at radius 2 is 2.00 bits per heavy atom. The molecule has 20 heavy (non-hydrogen) atoms. The monoisotopic (exact) mass is 303 g/mol. The standard InChI is InChI=1S/C12H17NO6S/c1-13(6-7-18-2)20(16,17)9-4-5-11(19-3)10(8-9)12(14)15/h4-5,8H,6-7H2,1-3H3,(H,14,15). The molecule has 0 aliphatic carbocycles. The van der Waals surface area contributed by atoms with Gasteiger partial charge in [0.15, 0.2) is 0 Å². The summed E-state index contributed by atoms with van der Waals surface area (Å²) in [5, 5.41) is 9.06. The fourth-order valence-electron chi connectivity index (χ4n) is 1.53. The normalized spacial score (nSPS) is 11.6. The van der Waals surface area contributed by atoms with Gasteiger partial charge in [-0.05, 0) is 18.2 Å². The van der Waals surface area contributed by atoms with E-state index >= 15 is 0 Å². The van der Waals surface area contributed by atoms with E-state index in [1.807, 2.05) is 0 Å². The quantitative estimate of drug-likeness (QED) is 0.795. The maximum Gasteiger partial charge on any atom is 0.339 e. The van der Waals surface area contributed by atoms with Gasteiger partial charge in [0.1, 0.15) is 11.3 Å². The van der Waals surface area contributed by atoms with Crippen molar-refractivity contribution in [3.8, 4) is 5.75 Å². The summed E-state index contributed by atoms with van der Waals surface area (Å²) in [6, 6.07) is 3.71. The molecule has 0 atom stereocenters. The predicted molar refractivity (Wildman–Crippen MR) is 71.6 cm³/mol. The topological polar surface area (TPSA) is 93.1 Å². The minimum Gasteiger partial charge on any atom is -0.496 e. The number of rotatable bonds is 7. The summed E-state index contributed by atoms with van der Waals surface area (Å²) in [7, 11) is 0.433. The molecule has 0 spiro atoms. The lowest BCUT2D eigenvalue weighted by Gasteiger charge is -2.17. The van der Waals surface area contributed by atoms with Crippen LogP contribution in [0.2, 0.25) is 0 Å². The van der Waals surface area contributed by atoms with Crippen LogP contribution in [-0.4, -0.2) is 58.2 Å². The van der Waals surface area contributed by atoms with Gasteiger partial charge in [-0.2, -0.15) is 4.31 Å². The van der Waals surface area contributed by atoms with Gasteiger partial charge in [0.25, 0.3) is 0 Å². The van der Waals surface area contributed by atoms with Crippen LogP contribution in [0.15, 0.2) is 23.1 Å². The number of methoxy groups -OCH3 is 2. The lowest BCUT2D eigenvalue weighted by Crippen LogP contribution is -2.30. The van der Waals surface area contributed by atoms with Crippen molar-refractivity contribution in [1.29, 1.82) is 0 Å². The number of benzene rings is 1. The van der Waals surface area contributed by atoms with Gasteiger partial charge in [0.05, 0.1) is 18.6 Å². The Morgan fingerprint density at radius 1 is 1.35 bits per heavy atom. The van der Waals surface area contributed by atoms with Crippen LogP contribution in [0, 0.1) is 0 Å². The predicted octanol–water partition coefficient (Wildman–Crippen LogP) is 0.660. The molecule has 1 rings (SSSR count). The second-order valence-electron chi connectivity index (χ2n) is 3.99. The fraction of sp³-hybridized carbons (Fsp3) is 0.417. The molecule has 0 radical (unpaired) electrons. The summed E-state index contributed by atoms with van der Waals surface area (Å²) >= 11 is 0. The van der Waals surface area contributed by atoms with E-state index in [1.165, 1.54) is 33.4 Å². The first kappa shape index (κ1) is 16.4. The SMILES string of the molecule is COCCN(C)S(=O)(=O)c1ccc(OC)c(C(=O)O)c1. The maximum atomic E-state index is 12.2. The molecule has 8 heteroatoms. The van der Waals surface area contributed by atoms with Crippen LogP contribution in [0.4, 0.5) is 0 Å². The molecule has 112 valence electrons. The Morgan fingerprint density at radius 3 is 2.50 bits per heavy atom. The van der Waals surface area contributed by atoms with Gasteiger partial charge >= 0.3 is 5.97 Å². The summed E-state index contributed by atoms with van der Waals surface area (Å²) in [5.41, 5.74) is -0.200. The van der Waals surface area contributed by atoms with Crippen LogP contribution in [0.3, 0.4) is 0 Å². The van der Waals surface area contributed by atoms with Crippen molar-refractivity contribution >= 4 is 16.0 Å². The van der Waals surface area contributed by atoms with Crippen LogP contribution in [-0.2, 0) is 14.8 Å². The van der Waals surface area contributed by atoms with Crippen LogP contribution in [0.1, 0.15) is 10.4 Å². The highest BCUT2D eigenvalue weighted by Crippen LogP contribution is 2.24. The Bertz CT molecular complexity index is 584. The number of carboxylic acid groups (broad SMARTS) is 1. The third-order valence-corrected chi connectivity index (χ3v) is 4.57. The van der Waals surface area contributed by atoms with Gasteiger partial charge in [0, 0.05) is 20.7 Å². The van der Waals surface area contributed by atoms with Gasteiger partial charge in [-0.3, -0.25) is 0 Å². The molecule has 0 heterocycles. The molecule has 0 aromatic heterocycles. The lowest BCUT2D eigenvalue weighted by atomic mass is 10.2. The Balaban J connectivity index is 3.19. The first-order chi connectivity index (χ1) is 9.34. The molecular weight excluding hydrogens is 286 g/mol. The summed E-state index contributed by atoms with van der Waals surface area (Å²) in [6.07, 6.45) is 0. The Hall–Kier alpha value is -1.64. The zero-order chi connectivity index (χ0) is 15.3. The summed E-state index contributed by atoms with van der Waals surface area (Å²) in [6.45, 7) is 0.422. The van der Waals surface area contributed by atoms with Gasteiger partial charge in [-0.1, -0.05) is 0 Å². The molecule has 1 N–H and O–H groups in total. The number of sulfonamides is 1. The molecule has 0 aliphatic rings. The molecule has 1 aromatic carbocycles. The van der Waals surface area contributed by atoms with E-state index in [2.05, 4.69) is 0 Å². The van der Waals surface area contributed by atoms with Crippen molar-refractivity contribution in [2.45, 2.75) is 4.90 Å². The van der Waals surface area contributed by atoms with Crippen LogP contribution in [0.25, 0.3) is 0 Å². The summed E-state index contributed by atoms with van der Waals surface area (Å²) in [4.78, 5) is 11.0. The number of likely N-dealkylation sites (N-methyl/N-ethyl adjacent to an activating group) is 1. The van der Waals surface area contributed by atoms with Crippen molar-refractivity contribution in [3.63, 3.8) is 0 Å². The number of hydrogen-bond acceptors (Lipinski definition) is 5. The van der Waals surface area contributed by atoms with Gasteiger partial charge in [-0.25, -0.2) is 13.2 Å². The van der Waals surface area contributed by atoms with Gasteiger partial charge in [-0.15, -0.1) is 0 Å². The first-order valence-corrected chi connectivity index (χ1v) is 7.15. The average Bonchev–Trinajstić information content (AvgIpc) is 2.43. The van der Waals surface area contributed by atoms with E-state index in [-0.39, 0.29) is 29.4 Å². The average molecular weight is 303 g/mol. The molecule has 1 aromatic rings. The molecular formula is C12H17NO6S. The largest absolute Gasteiger partial charge is 0.496 e. The first-order valence-electron chi connectivity index (χ1n) is 5.71. The number of carboxylic acids is 1. The summed E-state index contributed by atoms with van der Waals surface area (Å²) < 4.78 is 35.3. The molecule has 0 fully saturated rings. The highest BCUT2D eigenvalue weighted by Gasteiger charge is 2.23. The molecule has 0 aliphatic heterocycles. The third-order valence-electron chi connectivity index (χ3n) is 2.72. The molecule has 0 saturated heterocycles. The van der Waals surface area contributed by atoms with E-state index in [4.69, 9.17) is 14.6 Å². The second-order valence-corrected chi connectivity index (χ2v) is 6.03. The van der Waals surface area contributed by atoms with Crippen molar-refractivity contribution < 1.29 is 27.8 Å². The summed E-state index contributed by atoms with van der Waals surface area (Å²) in [5.74, 6) is -1.14. The molecule has 0 amide bonds. The van der Waals surface area contributed by atoms with Crippen LogP contribution < -0.4 is 4.74 Å². The van der Waals surface area contributed by atoms with Crippen molar-refractivity contribution in [2.24, 2.45) is 0 Å². The number of aromatic carboxylic acids is 1. The number of carbonyl (C=O) groups is 1. The zero-order valence-electron chi connectivity index (χ0n) is 11.5. The van der Waals surface area contributed by atoms with Gasteiger partial charge in [0.2, 0.25) is 10.0 Å². The Labute approximate surface area is 117 Å². The van der Waals surface area contributed by atoms with Crippen molar-refractivity contribution in [3.05, 3.63) is 23.8 Å². The van der Waals surface area contributed by atoms with Crippen molar-refractivity contribution in [2.75, 3.05) is 34.4 Å². The lowest BCUT2D eigenvalue weighted by molar-refractivity contribution is 0.0693. The number of hydrogen-bond donors (Lipinski definition) is 1.